The minimum absolute atomic E-state index is 0.125. The zero-order valence-electron chi connectivity index (χ0n) is 11.1. The number of likely N-dealkylation sites (N-methyl/N-ethyl adjacent to an activating group) is 1. The van der Waals surface area contributed by atoms with Crippen LogP contribution in [-0.2, 0) is 6.18 Å². The van der Waals surface area contributed by atoms with Crippen molar-refractivity contribution in [3.05, 3.63) is 29.8 Å². The number of hydrogen-bond donors (Lipinski definition) is 1. The number of alkyl halides is 3. The molecule has 5 heteroatoms. The highest BCUT2D eigenvalue weighted by molar-refractivity contribution is 5.52. The molecule has 0 aliphatic heterocycles. The summed E-state index contributed by atoms with van der Waals surface area (Å²) in [6.45, 7) is 4.37. The molecule has 102 valence electrons. The third-order valence-electron chi connectivity index (χ3n) is 3.15. The van der Waals surface area contributed by atoms with Crippen molar-refractivity contribution in [2.75, 3.05) is 26.0 Å². The second-order valence-corrected chi connectivity index (χ2v) is 5.10. The Balaban J connectivity index is 2.86. The van der Waals surface area contributed by atoms with Crippen molar-refractivity contribution in [1.82, 2.24) is 4.90 Å². The van der Waals surface area contributed by atoms with Crippen LogP contribution in [0.2, 0.25) is 0 Å². The van der Waals surface area contributed by atoms with Gasteiger partial charge in [0.1, 0.15) is 0 Å². The van der Waals surface area contributed by atoms with Crippen molar-refractivity contribution in [3.8, 4) is 0 Å². The zero-order valence-corrected chi connectivity index (χ0v) is 11.1. The van der Waals surface area contributed by atoms with Gasteiger partial charge in [0.25, 0.3) is 0 Å². The second-order valence-electron chi connectivity index (χ2n) is 5.10. The van der Waals surface area contributed by atoms with Crippen LogP contribution in [0.1, 0.15) is 19.4 Å². The molecular weight excluding hydrogens is 241 g/mol. The van der Waals surface area contributed by atoms with Crippen LogP contribution in [0.25, 0.3) is 0 Å². The molecule has 0 fully saturated rings. The summed E-state index contributed by atoms with van der Waals surface area (Å²) in [7, 11) is 3.80. The molecule has 1 rings (SSSR count). The summed E-state index contributed by atoms with van der Waals surface area (Å²) in [5, 5.41) is 2.88. The van der Waals surface area contributed by atoms with Crippen LogP contribution in [0, 0.1) is 0 Å². The van der Waals surface area contributed by atoms with Crippen LogP contribution in [0.4, 0.5) is 18.9 Å². The number of benzene rings is 1. The maximum Gasteiger partial charge on any atom is 0.418 e. The highest BCUT2D eigenvalue weighted by Gasteiger charge is 2.33. The van der Waals surface area contributed by atoms with Crippen LogP contribution in [0.3, 0.4) is 0 Å². The van der Waals surface area contributed by atoms with Crippen LogP contribution in [-0.4, -0.2) is 31.1 Å². The fraction of sp³-hybridized carbons (Fsp3) is 0.538. The van der Waals surface area contributed by atoms with Crippen LogP contribution in [0.15, 0.2) is 24.3 Å². The van der Waals surface area contributed by atoms with Gasteiger partial charge >= 0.3 is 6.18 Å². The second kappa shape index (κ2) is 5.18. The molecule has 2 nitrogen and oxygen atoms in total. The number of hydrogen-bond acceptors (Lipinski definition) is 2. The van der Waals surface area contributed by atoms with E-state index in [2.05, 4.69) is 5.32 Å². The van der Waals surface area contributed by atoms with E-state index >= 15 is 0 Å². The Morgan fingerprint density at radius 3 is 2.17 bits per heavy atom. The smallest absolute Gasteiger partial charge is 0.383 e. The SMILES string of the molecule is CN(C)C(C)(C)CNc1ccccc1C(F)(F)F. The first-order valence-corrected chi connectivity index (χ1v) is 5.72. The first-order valence-electron chi connectivity index (χ1n) is 5.72. The van der Waals surface area contributed by atoms with Crippen molar-refractivity contribution >= 4 is 5.69 Å². The molecule has 0 radical (unpaired) electrons. The molecule has 1 aromatic rings. The minimum Gasteiger partial charge on any atom is -0.383 e. The highest BCUT2D eigenvalue weighted by Crippen LogP contribution is 2.34. The van der Waals surface area contributed by atoms with E-state index in [0.29, 0.717) is 6.54 Å². The number of halogens is 3. The summed E-state index contributed by atoms with van der Waals surface area (Å²) < 4.78 is 38.3. The quantitative estimate of drug-likeness (QED) is 0.892. The van der Waals surface area contributed by atoms with Crippen molar-refractivity contribution in [2.24, 2.45) is 0 Å². The Bertz CT molecular complexity index is 397. The Morgan fingerprint density at radius 2 is 1.67 bits per heavy atom. The Labute approximate surface area is 106 Å². The first-order chi connectivity index (χ1) is 8.14. The van der Waals surface area contributed by atoms with Gasteiger partial charge in [0, 0.05) is 17.8 Å². The summed E-state index contributed by atoms with van der Waals surface area (Å²) in [5.74, 6) is 0. The van der Waals surface area contributed by atoms with E-state index in [1.807, 2.05) is 32.8 Å². The summed E-state index contributed by atoms with van der Waals surface area (Å²) in [6.07, 6.45) is -4.33. The van der Waals surface area contributed by atoms with E-state index in [1.54, 1.807) is 6.07 Å². The van der Waals surface area contributed by atoms with Gasteiger partial charge in [-0.05, 0) is 40.1 Å². The van der Waals surface area contributed by atoms with E-state index < -0.39 is 11.7 Å². The summed E-state index contributed by atoms with van der Waals surface area (Å²) in [4.78, 5) is 1.97. The molecule has 0 aliphatic rings. The first kappa shape index (κ1) is 14.8. The molecule has 0 aromatic heterocycles. The Kier molecular flexibility index (Phi) is 4.27. The molecule has 0 aliphatic carbocycles. The topological polar surface area (TPSA) is 15.3 Å². The van der Waals surface area contributed by atoms with Gasteiger partial charge in [0.05, 0.1) is 5.56 Å². The van der Waals surface area contributed by atoms with E-state index in [0.717, 1.165) is 6.07 Å². The lowest BCUT2D eigenvalue weighted by molar-refractivity contribution is -0.137. The fourth-order valence-electron chi connectivity index (χ4n) is 1.35. The standard InChI is InChI=1S/C13H19F3N2/c1-12(2,18(3)4)9-17-11-8-6-5-7-10(11)13(14,15)16/h5-8,17H,9H2,1-4H3. The normalized spacial score (nSPS) is 12.9. The van der Waals surface area contributed by atoms with Gasteiger partial charge in [-0.3, -0.25) is 0 Å². The molecule has 0 heterocycles. The van der Waals surface area contributed by atoms with E-state index in [9.17, 15) is 13.2 Å². The highest BCUT2D eigenvalue weighted by atomic mass is 19.4. The Morgan fingerprint density at radius 1 is 1.11 bits per heavy atom. The molecule has 1 aromatic carbocycles. The van der Waals surface area contributed by atoms with Gasteiger partial charge in [-0.1, -0.05) is 12.1 Å². The molecule has 18 heavy (non-hydrogen) atoms. The molecule has 0 spiro atoms. The number of rotatable bonds is 4. The number of nitrogens with zero attached hydrogens (tertiary/aromatic N) is 1. The third kappa shape index (κ3) is 3.63. The van der Waals surface area contributed by atoms with Gasteiger partial charge in [-0.2, -0.15) is 13.2 Å². The number of anilines is 1. The minimum atomic E-state index is -4.33. The van der Waals surface area contributed by atoms with Gasteiger partial charge in [0.2, 0.25) is 0 Å². The predicted octanol–water partition coefficient (Wildman–Crippen LogP) is 3.46. The van der Waals surface area contributed by atoms with Crippen molar-refractivity contribution in [3.63, 3.8) is 0 Å². The summed E-state index contributed by atoms with van der Waals surface area (Å²) >= 11 is 0. The van der Waals surface area contributed by atoms with Crippen molar-refractivity contribution in [2.45, 2.75) is 25.6 Å². The molecule has 0 atom stereocenters. The van der Waals surface area contributed by atoms with Gasteiger partial charge in [-0.25, -0.2) is 0 Å². The monoisotopic (exact) mass is 260 g/mol. The molecule has 1 N–H and O–H groups in total. The lowest BCUT2D eigenvalue weighted by Gasteiger charge is -2.33. The van der Waals surface area contributed by atoms with E-state index in [4.69, 9.17) is 0 Å². The fourth-order valence-corrected chi connectivity index (χ4v) is 1.35. The maximum absolute atomic E-state index is 12.8. The van der Waals surface area contributed by atoms with Crippen LogP contribution >= 0.6 is 0 Å². The lowest BCUT2D eigenvalue weighted by Crippen LogP contribution is -2.44. The lowest BCUT2D eigenvalue weighted by atomic mass is 10.0. The van der Waals surface area contributed by atoms with Gasteiger partial charge in [-0.15, -0.1) is 0 Å². The Hall–Kier alpha value is -1.23. The van der Waals surface area contributed by atoms with Gasteiger partial charge < -0.3 is 10.2 Å². The number of para-hydroxylation sites is 1. The molecule has 0 amide bonds. The average molecular weight is 260 g/mol. The van der Waals surface area contributed by atoms with E-state index in [1.165, 1.54) is 12.1 Å². The summed E-state index contributed by atoms with van der Waals surface area (Å²) in [5.41, 5.74) is -0.724. The summed E-state index contributed by atoms with van der Waals surface area (Å²) in [6, 6.07) is 5.53. The molecule has 0 saturated heterocycles. The third-order valence-corrected chi connectivity index (χ3v) is 3.15. The molecule has 0 bridgehead atoms. The largest absolute Gasteiger partial charge is 0.418 e. The van der Waals surface area contributed by atoms with E-state index in [-0.39, 0.29) is 11.2 Å². The molecular formula is C13H19F3N2. The van der Waals surface area contributed by atoms with Gasteiger partial charge in [0.15, 0.2) is 0 Å². The predicted molar refractivity (Wildman–Crippen MR) is 67.7 cm³/mol. The van der Waals surface area contributed by atoms with Crippen molar-refractivity contribution in [1.29, 1.82) is 0 Å². The number of nitrogens with one attached hydrogen (secondary N) is 1. The zero-order chi connectivity index (χ0) is 14.0. The van der Waals surface area contributed by atoms with Crippen molar-refractivity contribution < 1.29 is 13.2 Å². The molecule has 0 saturated carbocycles. The maximum atomic E-state index is 12.8. The van der Waals surface area contributed by atoms with Crippen LogP contribution < -0.4 is 5.32 Å². The average Bonchev–Trinajstić information content (AvgIpc) is 2.25. The van der Waals surface area contributed by atoms with Crippen LogP contribution in [0.5, 0.6) is 0 Å². The molecule has 0 unspecified atom stereocenters.